The number of rotatable bonds is 32. The van der Waals surface area contributed by atoms with Gasteiger partial charge in [-0.3, -0.25) is 28.8 Å². The van der Waals surface area contributed by atoms with Crippen LogP contribution in [0.1, 0.15) is 142 Å². The van der Waals surface area contributed by atoms with Crippen LogP contribution in [0.2, 0.25) is 0 Å². The number of carboxylic acids is 6. The van der Waals surface area contributed by atoms with Crippen LogP contribution in [0, 0.1) is 10.8 Å². The second kappa shape index (κ2) is 56.9. The van der Waals surface area contributed by atoms with Gasteiger partial charge in [0.25, 0.3) is 0 Å². The second-order valence-corrected chi connectivity index (χ2v) is 25.2. The zero-order chi connectivity index (χ0) is 72.7. The monoisotopic (exact) mass is 1450 g/mol. The van der Waals surface area contributed by atoms with Crippen molar-refractivity contribution in [2.24, 2.45) is 10.8 Å². The van der Waals surface area contributed by atoms with Crippen molar-refractivity contribution in [3.63, 3.8) is 0 Å². The van der Waals surface area contributed by atoms with Crippen molar-refractivity contribution < 1.29 is 100 Å². The van der Waals surface area contributed by atoms with E-state index in [1.54, 1.807) is 0 Å². The maximum Gasteiger partial charge on any atom is 0.303 e. The molecule has 0 fully saturated rings. The highest BCUT2D eigenvalue weighted by atomic mass is 32.1. The second-order valence-electron chi connectivity index (χ2n) is 21.4. The van der Waals surface area contributed by atoms with Gasteiger partial charge in [0.05, 0.1) is 63.7 Å². The molecule has 0 saturated heterocycles. The number of benzene rings is 6. The Labute approximate surface area is 595 Å². The lowest BCUT2D eigenvalue weighted by Crippen LogP contribution is -2.37. The maximum atomic E-state index is 10.3. The topological polar surface area (TPSA) is 386 Å². The van der Waals surface area contributed by atoms with E-state index in [1.807, 2.05) is 182 Å². The lowest BCUT2D eigenvalue weighted by molar-refractivity contribution is -0.138. The summed E-state index contributed by atoms with van der Waals surface area (Å²) in [6.45, 7) is -3.25. The Kier molecular flexibility index (Phi) is 54.5. The molecule has 532 valence electrons. The van der Waals surface area contributed by atoms with E-state index in [0.717, 1.165) is 33.4 Å². The Bertz CT molecular complexity index is 2410. The zero-order valence-corrected chi connectivity index (χ0v) is 58.7. The van der Waals surface area contributed by atoms with Crippen LogP contribution in [-0.4, -0.2) is 160 Å². The average molecular weight is 1450 g/mol. The van der Waals surface area contributed by atoms with Crippen LogP contribution in [0.3, 0.4) is 0 Å². The van der Waals surface area contributed by atoms with Crippen LogP contribution in [0.15, 0.2) is 182 Å². The first kappa shape index (κ1) is 92.0. The minimum atomic E-state index is -1.11. The van der Waals surface area contributed by atoms with Gasteiger partial charge in [-0.05, 0) is 71.9 Å². The first-order valence-corrected chi connectivity index (χ1v) is 33.3. The van der Waals surface area contributed by atoms with Crippen molar-refractivity contribution in [2.45, 2.75) is 109 Å². The molecule has 0 aliphatic rings. The Morgan fingerprint density at radius 1 is 0.229 bits per heavy atom. The Morgan fingerprint density at radius 3 is 0.406 bits per heavy atom. The molecule has 6 aromatic rings. The Balaban J connectivity index is 0. The lowest BCUT2D eigenvalue weighted by atomic mass is 9.93. The molecule has 14 N–H and O–H groups in total. The number of carboxylic acid groups (broad SMARTS) is 6. The van der Waals surface area contributed by atoms with Gasteiger partial charge in [-0.15, -0.1) is 0 Å². The fourth-order valence-electron chi connectivity index (χ4n) is 7.21. The number of aliphatic hydroxyl groups is 8. The molecule has 0 aliphatic carbocycles. The van der Waals surface area contributed by atoms with E-state index >= 15 is 0 Å². The van der Waals surface area contributed by atoms with Gasteiger partial charge in [0.1, 0.15) is 0 Å². The van der Waals surface area contributed by atoms with E-state index in [9.17, 15) is 28.8 Å². The average Bonchev–Trinajstić information content (AvgIpc) is 2.22. The number of hydrogen-bond acceptors (Lipinski definition) is 20. The van der Waals surface area contributed by atoms with Gasteiger partial charge in [0.2, 0.25) is 0 Å². The quantitative estimate of drug-likeness (QED) is 0.0174. The van der Waals surface area contributed by atoms with E-state index in [-0.39, 0.29) is 70.0 Å². The van der Waals surface area contributed by atoms with E-state index < -0.39 is 99.5 Å². The first-order chi connectivity index (χ1) is 45.7. The molecule has 6 rings (SSSR count). The van der Waals surface area contributed by atoms with Gasteiger partial charge < -0.3 is 71.5 Å². The molecule has 96 heavy (non-hydrogen) atoms. The third-order valence-electron chi connectivity index (χ3n) is 13.6. The summed E-state index contributed by atoms with van der Waals surface area (Å²) >= 11 is 26.0. The summed E-state index contributed by atoms with van der Waals surface area (Å²) in [5, 5.41) is 119. The summed E-state index contributed by atoms with van der Waals surface area (Å²) in [5.74, 6) is -4.61. The van der Waals surface area contributed by atoms with Gasteiger partial charge in [-0.2, -0.15) is 75.8 Å². The normalized spacial score (nSPS) is 12.3. The standard InChI is InChI=1S/6C10H12O2S.2C5H12O4/c6*11-10(12)7-6-9(13)8-4-2-1-3-5-8;2*6-1-5(2-7,3-8)4-9/h6*1-5,9,13H,6-7H2,(H,11,12);2*6-9H,1-4H2. The third kappa shape index (κ3) is 46.2. The van der Waals surface area contributed by atoms with Crippen molar-refractivity contribution in [3.05, 3.63) is 215 Å². The highest BCUT2D eigenvalue weighted by Gasteiger charge is 2.27. The van der Waals surface area contributed by atoms with Gasteiger partial charge >= 0.3 is 35.8 Å². The van der Waals surface area contributed by atoms with E-state index in [0.29, 0.717) is 38.5 Å². The molecule has 0 bridgehead atoms. The molecule has 6 aromatic carbocycles. The van der Waals surface area contributed by atoms with Crippen molar-refractivity contribution in [1.82, 2.24) is 0 Å². The van der Waals surface area contributed by atoms with Crippen molar-refractivity contribution in [3.8, 4) is 0 Å². The van der Waals surface area contributed by atoms with Crippen LogP contribution < -0.4 is 0 Å². The fraction of sp³-hybridized carbons (Fsp3) is 0.400. The Hall–Kier alpha value is -6.08. The SMILES string of the molecule is O=C(O)CCC(S)c1ccccc1.O=C(O)CCC(S)c1ccccc1.O=C(O)CCC(S)c1ccccc1.O=C(O)CCC(S)c1ccccc1.O=C(O)CCC(S)c1ccccc1.O=C(O)CCC(S)c1ccccc1.OCC(CO)(CO)CO.OCC(CO)(CO)CO. The summed E-state index contributed by atoms with van der Waals surface area (Å²) in [7, 11) is 0. The largest absolute Gasteiger partial charge is 0.481 e. The zero-order valence-electron chi connectivity index (χ0n) is 53.3. The van der Waals surface area contributed by atoms with Crippen molar-refractivity contribution >= 4 is 112 Å². The number of hydrogen-bond donors (Lipinski definition) is 20. The van der Waals surface area contributed by atoms with E-state index in [1.165, 1.54) is 0 Å². The third-order valence-corrected chi connectivity index (χ3v) is 16.9. The molecule has 0 radical (unpaired) electrons. The molecule has 26 heteroatoms. The van der Waals surface area contributed by atoms with E-state index in [2.05, 4.69) is 75.8 Å². The van der Waals surface area contributed by atoms with Crippen molar-refractivity contribution in [1.29, 1.82) is 0 Å². The van der Waals surface area contributed by atoms with Gasteiger partial charge in [-0.25, -0.2) is 0 Å². The van der Waals surface area contributed by atoms with Crippen LogP contribution in [-0.2, 0) is 28.8 Å². The predicted molar refractivity (Wildman–Crippen MR) is 392 cm³/mol. The highest BCUT2D eigenvalue weighted by Crippen LogP contribution is 2.29. The summed E-state index contributed by atoms with van der Waals surface area (Å²) in [5.41, 5.74) is 4.23. The molecule has 0 spiro atoms. The summed E-state index contributed by atoms with van der Waals surface area (Å²) in [4.78, 5) is 61.8. The van der Waals surface area contributed by atoms with Crippen LogP contribution in [0.4, 0.5) is 0 Å². The minimum absolute atomic E-state index is 0.0253. The first-order valence-electron chi connectivity index (χ1n) is 30.2. The molecular formula is C70H96O20S6. The molecular weight excluding hydrogens is 1350 g/mol. The smallest absolute Gasteiger partial charge is 0.303 e. The number of aliphatic carboxylic acids is 6. The van der Waals surface area contributed by atoms with Crippen LogP contribution in [0.25, 0.3) is 0 Å². The van der Waals surface area contributed by atoms with Crippen LogP contribution in [0.5, 0.6) is 0 Å². The molecule has 0 aromatic heterocycles. The molecule has 6 unspecified atom stereocenters. The summed E-state index contributed by atoms with van der Waals surface area (Å²) < 4.78 is 0. The number of carbonyl (C=O) groups is 6. The van der Waals surface area contributed by atoms with Crippen LogP contribution >= 0.6 is 75.8 Å². The summed E-state index contributed by atoms with van der Waals surface area (Å²) in [6.07, 6.45) is 4.45. The molecule has 0 heterocycles. The molecule has 6 atom stereocenters. The Morgan fingerprint density at radius 2 is 0.333 bits per heavy atom. The molecule has 0 aliphatic heterocycles. The van der Waals surface area contributed by atoms with Gasteiger partial charge in [0, 0.05) is 70.0 Å². The van der Waals surface area contributed by atoms with Crippen molar-refractivity contribution in [2.75, 3.05) is 52.9 Å². The maximum absolute atomic E-state index is 10.3. The van der Waals surface area contributed by atoms with Gasteiger partial charge in [0.15, 0.2) is 0 Å². The van der Waals surface area contributed by atoms with E-state index in [4.69, 9.17) is 71.5 Å². The predicted octanol–water partition coefficient (Wildman–Crippen LogP) is 11.0. The number of aliphatic hydroxyl groups excluding tert-OH is 8. The van der Waals surface area contributed by atoms with Gasteiger partial charge in [-0.1, -0.05) is 182 Å². The lowest BCUT2D eigenvalue weighted by Gasteiger charge is -2.23. The highest BCUT2D eigenvalue weighted by molar-refractivity contribution is 7.81. The molecule has 0 amide bonds. The molecule has 20 nitrogen and oxygen atoms in total. The molecule has 0 saturated carbocycles. The summed E-state index contributed by atoms with van der Waals surface area (Å²) in [6, 6.07) is 58.2. The fourth-order valence-corrected chi connectivity index (χ4v) is 9.02. The minimum Gasteiger partial charge on any atom is -0.481 e. The number of thiol groups is 6.